The van der Waals surface area contributed by atoms with Crippen molar-refractivity contribution in [1.29, 1.82) is 0 Å². The minimum absolute atomic E-state index is 0.00551. The molecule has 2 aromatic carbocycles. The van der Waals surface area contributed by atoms with Crippen molar-refractivity contribution in [2.24, 2.45) is 0 Å². The van der Waals surface area contributed by atoms with Crippen LogP contribution in [0.3, 0.4) is 0 Å². The third-order valence-electron chi connectivity index (χ3n) is 4.59. The van der Waals surface area contributed by atoms with E-state index in [1.807, 2.05) is 18.2 Å². The summed E-state index contributed by atoms with van der Waals surface area (Å²) >= 11 is 0. The Hall–Kier alpha value is -2.33. The van der Waals surface area contributed by atoms with E-state index in [4.69, 9.17) is 9.47 Å². The molecule has 0 radical (unpaired) electrons. The van der Waals surface area contributed by atoms with Crippen LogP contribution in [-0.4, -0.2) is 24.6 Å². The molecule has 4 rings (SSSR count). The van der Waals surface area contributed by atoms with E-state index >= 15 is 0 Å². The van der Waals surface area contributed by atoms with Crippen molar-refractivity contribution in [3.8, 4) is 11.5 Å². The third-order valence-corrected chi connectivity index (χ3v) is 4.59. The summed E-state index contributed by atoms with van der Waals surface area (Å²) in [6.45, 7) is 0. The summed E-state index contributed by atoms with van der Waals surface area (Å²) < 4.78 is 11.6. The second-order valence-corrected chi connectivity index (χ2v) is 5.77. The quantitative estimate of drug-likeness (QED) is 0.866. The molecule has 0 aromatic heterocycles. The zero-order chi connectivity index (χ0) is 15.3. The van der Waals surface area contributed by atoms with Gasteiger partial charge in [-0.05, 0) is 23.6 Å². The number of carbonyl (C=O) groups is 1. The lowest BCUT2D eigenvalue weighted by Crippen LogP contribution is -2.34. The van der Waals surface area contributed by atoms with E-state index in [1.165, 1.54) is 5.56 Å². The number of aldehydes is 1. The molecule has 2 aliphatic heterocycles. The molecule has 2 aromatic rings. The van der Waals surface area contributed by atoms with Crippen LogP contribution >= 0.6 is 0 Å². The number of carbonyl (C=O) groups excluding carboxylic acids is 1. The van der Waals surface area contributed by atoms with Crippen LogP contribution < -0.4 is 4.74 Å². The Morgan fingerprint density at radius 3 is 2.91 bits per heavy atom. The van der Waals surface area contributed by atoms with E-state index in [0.29, 0.717) is 24.0 Å². The second-order valence-electron chi connectivity index (χ2n) is 5.77. The van der Waals surface area contributed by atoms with Gasteiger partial charge in [0.25, 0.3) is 0 Å². The Kier molecular flexibility index (Phi) is 2.94. The fraction of sp³-hybridized carbons (Fsp3) is 0.278. The van der Waals surface area contributed by atoms with E-state index in [0.717, 1.165) is 17.5 Å². The summed E-state index contributed by atoms with van der Waals surface area (Å²) in [4.78, 5) is 11.2. The first-order valence-electron chi connectivity index (χ1n) is 7.34. The number of hydrogen-bond acceptors (Lipinski definition) is 4. The van der Waals surface area contributed by atoms with Gasteiger partial charge in [0, 0.05) is 17.5 Å². The van der Waals surface area contributed by atoms with Gasteiger partial charge in [0.05, 0.1) is 18.8 Å². The predicted molar refractivity (Wildman–Crippen MR) is 80.6 cm³/mol. The molecule has 22 heavy (non-hydrogen) atoms. The first-order chi connectivity index (χ1) is 10.7. The van der Waals surface area contributed by atoms with Crippen LogP contribution in [0.2, 0.25) is 0 Å². The van der Waals surface area contributed by atoms with Crippen LogP contribution in [0.5, 0.6) is 11.5 Å². The van der Waals surface area contributed by atoms with Gasteiger partial charge in [0.15, 0.2) is 6.29 Å². The van der Waals surface area contributed by atoms with Crippen LogP contribution in [0, 0.1) is 0 Å². The van der Waals surface area contributed by atoms with E-state index in [1.54, 1.807) is 13.2 Å². The van der Waals surface area contributed by atoms with Crippen LogP contribution in [0.4, 0.5) is 0 Å². The highest BCUT2D eigenvalue weighted by atomic mass is 16.5. The van der Waals surface area contributed by atoms with Gasteiger partial charge >= 0.3 is 0 Å². The zero-order valence-electron chi connectivity index (χ0n) is 12.2. The topological polar surface area (TPSA) is 55.8 Å². The molecule has 0 saturated heterocycles. The standard InChI is InChI=1S/C18H16O4/c1-21-15-7-11(9-19)17(20)16-14(15)8-12-6-10-4-2-3-5-13(10)18(16)22-12/h2-5,7,9,12,18,20H,6,8H2,1H3/t12-,18+/m0/s1. The van der Waals surface area contributed by atoms with E-state index < -0.39 is 0 Å². The van der Waals surface area contributed by atoms with E-state index in [2.05, 4.69) is 6.07 Å². The second kappa shape index (κ2) is 4.85. The highest BCUT2D eigenvalue weighted by Gasteiger charge is 2.38. The van der Waals surface area contributed by atoms with Crippen molar-refractivity contribution in [2.75, 3.05) is 7.11 Å². The molecule has 0 fully saturated rings. The molecule has 0 unspecified atom stereocenters. The molecule has 0 aliphatic carbocycles. The molecule has 4 nitrogen and oxygen atoms in total. The third kappa shape index (κ3) is 1.77. The van der Waals surface area contributed by atoms with Crippen molar-refractivity contribution in [3.05, 3.63) is 58.1 Å². The van der Waals surface area contributed by atoms with Gasteiger partial charge in [0.2, 0.25) is 0 Å². The lowest BCUT2D eigenvalue weighted by molar-refractivity contribution is -0.0172. The first-order valence-corrected chi connectivity index (χ1v) is 7.34. The molecule has 1 N–H and O–H groups in total. The number of fused-ring (bicyclic) bond motifs is 6. The molecule has 0 amide bonds. The van der Waals surface area contributed by atoms with Crippen molar-refractivity contribution in [3.63, 3.8) is 0 Å². The number of phenols is 1. The van der Waals surface area contributed by atoms with Gasteiger partial charge in [-0.1, -0.05) is 24.3 Å². The molecular formula is C18H16O4. The van der Waals surface area contributed by atoms with Crippen LogP contribution in [-0.2, 0) is 17.6 Å². The fourth-order valence-electron chi connectivity index (χ4n) is 3.60. The lowest BCUT2D eigenvalue weighted by Gasteiger charge is -2.39. The summed E-state index contributed by atoms with van der Waals surface area (Å²) in [5, 5.41) is 10.5. The van der Waals surface area contributed by atoms with Crippen molar-refractivity contribution < 1.29 is 19.4 Å². The zero-order valence-corrected chi connectivity index (χ0v) is 12.2. The van der Waals surface area contributed by atoms with E-state index in [9.17, 15) is 9.90 Å². The fourth-order valence-corrected chi connectivity index (χ4v) is 3.60. The van der Waals surface area contributed by atoms with Gasteiger partial charge in [0.1, 0.15) is 17.6 Å². The maximum absolute atomic E-state index is 11.2. The minimum Gasteiger partial charge on any atom is -0.507 e. The molecule has 0 saturated carbocycles. The molecule has 112 valence electrons. The molecule has 2 aliphatic rings. The highest BCUT2D eigenvalue weighted by Crippen LogP contribution is 2.48. The van der Waals surface area contributed by atoms with Gasteiger partial charge in [-0.3, -0.25) is 4.79 Å². The number of rotatable bonds is 2. The minimum atomic E-state index is -0.340. The summed E-state index contributed by atoms with van der Waals surface area (Å²) in [5.41, 5.74) is 4.15. The summed E-state index contributed by atoms with van der Waals surface area (Å²) in [6, 6.07) is 9.71. The molecule has 2 atom stereocenters. The van der Waals surface area contributed by atoms with E-state index in [-0.39, 0.29) is 23.5 Å². The molecule has 2 bridgehead atoms. The molecule has 2 heterocycles. The SMILES string of the molecule is COc1cc(C=O)c(O)c2c1C[C@@H]1Cc3ccccc3[C@H]2O1. The Morgan fingerprint density at radius 2 is 2.14 bits per heavy atom. The van der Waals surface area contributed by atoms with Crippen molar-refractivity contribution >= 4 is 6.29 Å². The Bertz CT molecular complexity index is 766. The molecular weight excluding hydrogens is 280 g/mol. The first kappa shape index (κ1) is 13.3. The average molecular weight is 296 g/mol. The Labute approximate surface area is 128 Å². The highest BCUT2D eigenvalue weighted by molar-refractivity contribution is 5.82. The number of methoxy groups -OCH3 is 1. The van der Waals surface area contributed by atoms with Crippen LogP contribution in [0.1, 0.15) is 38.7 Å². The van der Waals surface area contributed by atoms with Gasteiger partial charge < -0.3 is 14.6 Å². The number of hydrogen-bond donors (Lipinski definition) is 1. The average Bonchev–Trinajstić information content (AvgIpc) is 2.55. The largest absolute Gasteiger partial charge is 0.507 e. The number of benzene rings is 2. The van der Waals surface area contributed by atoms with Crippen molar-refractivity contribution in [2.45, 2.75) is 25.0 Å². The smallest absolute Gasteiger partial charge is 0.153 e. The van der Waals surface area contributed by atoms with Crippen LogP contribution in [0.15, 0.2) is 30.3 Å². The lowest BCUT2D eigenvalue weighted by atomic mass is 9.80. The van der Waals surface area contributed by atoms with Crippen LogP contribution in [0.25, 0.3) is 0 Å². The monoisotopic (exact) mass is 296 g/mol. The summed E-state index contributed by atoms with van der Waals surface area (Å²) in [6.07, 6.45) is 1.91. The van der Waals surface area contributed by atoms with Gasteiger partial charge in [-0.2, -0.15) is 0 Å². The number of ether oxygens (including phenoxy) is 2. The number of phenolic OH excluding ortho intramolecular Hbond substituents is 1. The summed E-state index contributed by atoms with van der Waals surface area (Å²) in [7, 11) is 1.58. The normalized spacial score (nSPS) is 21.7. The maximum Gasteiger partial charge on any atom is 0.153 e. The molecule has 0 spiro atoms. The molecule has 4 heteroatoms. The Morgan fingerprint density at radius 1 is 1.32 bits per heavy atom. The number of aromatic hydroxyl groups is 1. The van der Waals surface area contributed by atoms with Gasteiger partial charge in [-0.25, -0.2) is 0 Å². The van der Waals surface area contributed by atoms with Crippen molar-refractivity contribution in [1.82, 2.24) is 0 Å². The van der Waals surface area contributed by atoms with Gasteiger partial charge in [-0.15, -0.1) is 0 Å². The predicted octanol–water partition coefficient (Wildman–Crippen LogP) is 2.80. The summed E-state index contributed by atoms with van der Waals surface area (Å²) in [5.74, 6) is 0.651. The Balaban J connectivity index is 2.00. The maximum atomic E-state index is 11.2.